The highest BCUT2D eigenvalue weighted by Gasteiger charge is 2.38. The lowest BCUT2D eigenvalue weighted by Gasteiger charge is -2.22. The summed E-state index contributed by atoms with van der Waals surface area (Å²) in [5, 5.41) is 0. The van der Waals surface area contributed by atoms with Crippen molar-refractivity contribution in [3.8, 4) is 11.5 Å². The minimum Gasteiger partial charge on any atom is -0.486 e. The topological polar surface area (TPSA) is 47.7 Å². The van der Waals surface area contributed by atoms with Gasteiger partial charge in [0.25, 0.3) is 0 Å². The van der Waals surface area contributed by atoms with E-state index >= 15 is 0 Å². The maximum Gasteiger partial charge on any atom is 0.161 e. The number of fused-ring (bicyclic) bond motifs is 1. The summed E-state index contributed by atoms with van der Waals surface area (Å²) in [6.45, 7) is 3.14. The summed E-state index contributed by atoms with van der Waals surface area (Å²) in [6, 6.07) is 6.16. The Morgan fingerprint density at radius 1 is 1.22 bits per heavy atom. The van der Waals surface area contributed by atoms with Gasteiger partial charge in [-0.15, -0.1) is 0 Å². The molecule has 1 aromatic rings. The maximum absolute atomic E-state index is 6.13. The van der Waals surface area contributed by atoms with Crippen LogP contribution in [0.5, 0.6) is 11.5 Å². The minimum atomic E-state index is 0.0720. The van der Waals surface area contributed by atoms with Crippen LogP contribution in [0.3, 0.4) is 0 Å². The molecular formula is C14H20N2O2. The van der Waals surface area contributed by atoms with Crippen LogP contribution in [0.4, 0.5) is 0 Å². The van der Waals surface area contributed by atoms with E-state index in [2.05, 4.69) is 24.1 Å². The number of nitrogens with two attached hydrogens (primary N) is 1. The molecule has 2 N–H and O–H groups in total. The zero-order chi connectivity index (χ0) is 12.6. The van der Waals surface area contributed by atoms with Crippen LogP contribution in [0.15, 0.2) is 18.2 Å². The molecule has 1 aromatic carbocycles. The van der Waals surface area contributed by atoms with Gasteiger partial charge in [-0.2, -0.15) is 0 Å². The zero-order valence-corrected chi connectivity index (χ0v) is 10.8. The molecule has 1 heterocycles. The van der Waals surface area contributed by atoms with Crippen molar-refractivity contribution in [3.05, 3.63) is 23.8 Å². The van der Waals surface area contributed by atoms with Crippen LogP contribution in [0.2, 0.25) is 0 Å². The molecule has 0 spiro atoms. The van der Waals surface area contributed by atoms with Gasteiger partial charge in [-0.25, -0.2) is 0 Å². The summed E-state index contributed by atoms with van der Waals surface area (Å²) in [5.74, 6) is 1.71. The highest BCUT2D eigenvalue weighted by atomic mass is 16.6. The van der Waals surface area contributed by atoms with E-state index in [9.17, 15) is 0 Å². The number of benzene rings is 1. The molecule has 18 heavy (non-hydrogen) atoms. The lowest BCUT2D eigenvalue weighted by Crippen LogP contribution is -2.36. The van der Waals surface area contributed by atoms with E-state index < -0.39 is 0 Å². The molecule has 1 aliphatic heterocycles. The van der Waals surface area contributed by atoms with E-state index in [0.717, 1.165) is 37.4 Å². The van der Waals surface area contributed by atoms with Gasteiger partial charge in [-0.1, -0.05) is 6.07 Å². The molecular weight excluding hydrogens is 228 g/mol. The third-order valence-electron chi connectivity index (χ3n) is 3.54. The summed E-state index contributed by atoms with van der Waals surface area (Å²) in [5.41, 5.74) is 7.44. The Bertz CT molecular complexity index is 443. The van der Waals surface area contributed by atoms with Crippen molar-refractivity contribution >= 4 is 0 Å². The fourth-order valence-electron chi connectivity index (χ4n) is 2.41. The van der Waals surface area contributed by atoms with Crippen LogP contribution >= 0.6 is 0 Å². The van der Waals surface area contributed by atoms with Gasteiger partial charge in [0, 0.05) is 18.6 Å². The predicted octanol–water partition coefficient (Wildman–Crippen LogP) is 1.38. The van der Waals surface area contributed by atoms with Gasteiger partial charge in [0.05, 0.1) is 0 Å². The Morgan fingerprint density at radius 2 is 1.94 bits per heavy atom. The molecule has 3 rings (SSSR count). The normalized spacial score (nSPS) is 19.9. The summed E-state index contributed by atoms with van der Waals surface area (Å²) in [7, 11) is 2.11. The summed E-state index contributed by atoms with van der Waals surface area (Å²) < 4.78 is 11.1. The van der Waals surface area contributed by atoms with Crippen LogP contribution in [0, 0.1) is 0 Å². The van der Waals surface area contributed by atoms with Crippen molar-refractivity contribution < 1.29 is 9.47 Å². The minimum absolute atomic E-state index is 0.0720. The number of likely N-dealkylation sites (N-methyl/N-ethyl adjacent to an activating group) is 1. The predicted molar refractivity (Wildman–Crippen MR) is 69.9 cm³/mol. The van der Waals surface area contributed by atoms with E-state index in [-0.39, 0.29) is 5.54 Å². The van der Waals surface area contributed by atoms with Gasteiger partial charge >= 0.3 is 0 Å². The fraction of sp³-hybridized carbons (Fsp3) is 0.571. The van der Waals surface area contributed by atoms with E-state index in [4.69, 9.17) is 15.2 Å². The molecule has 4 nitrogen and oxygen atoms in total. The number of hydrogen-bond acceptors (Lipinski definition) is 4. The SMILES string of the molecule is CN(Cc1ccc2c(c1)OCCO2)CC1(N)CC1. The van der Waals surface area contributed by atoms with Crippen molar-refractivity contribution in [2.24, 2.45) is 5.73 Å². The Balaban J connectivity index is 1.65. The van der Waals surface area contributed by atoms with Crippen LogP contribution < -0.4 is 15.2 Å². The summed E-state index contributed by atoms with van der Waals surface area (Å²) in [4.78, 5) is 2.28. The molecule has 0 atom stereocenters. The van der Waals surface area contributed by atoms with Crippen molar-refractivity contribution in [1.82, 2.24) is 4.90 Å². The van der Waals surface area contributed by atoms with Crippen LogP contribution in [0.1, 0.15) is 18.4 Å². The number of rotatable bonds is 4. The van der Waals surface area contributed by atoms with Crippen molar-refractivity contribution in [3.63, 3.8) is 0 Å². The average Bonchev–Trinajstić information content (AvgIpc) is 3.06. The molecule has 0 amide bonds. The first kappa shape index (κ1) is 11.8. The van der Waals surface area contributed by atoms with Crippen LogP contribution in [-0.2, 0) is 6.54 Å². The fourth-order valence-corrected chi connectivity index (χ4v) is 2.41. The molecule has 0 saturated heterocycles. The maximum atomic E-state index is 6.13. The standard InChI is InChI=1S/C14H20N2O2/c1-16(10-14(15)4-5-14)9-11-2-3-12-13(8-11)18-7-6-17-12/h2-3,8H,4-7,9-10,15H2,1H3. The first-order valence-corrected chi connectivity index (χ1v) is 6.51. The number of nitrogens with zero attached hydrogens (tertiary/aromatic N) is 1. The monoisotopic (exact) mass is 248 g/mol. The molecule has 98 valence electrons. The quantitative estimate of drug-likeness (QED) is 0.874. The molecule has 0 aromatic heterocycles. The number of hydrogen-bond donors (Lipinski definition) is 1. The van der Waals surface area contributed by atoms with E-state index in [1.807, 2.05) is 6.07 Å². The molecule has 2 aliphatic rings. The van der Waals surface area contributed by atoms with Crippen molar-refractivity contribution in [2.45, 2.75) is 24.9 Å². The van der Waals surface area contributed by atoms with Crippen LogP contribution in [-0.4, -0.2) is 37.2 Å². The highest BCUT2D eigenvalue weighted by molar-refractivity contribution is 5.43. The lowest BCUT2D eigenvalue weighted by atomic mass is 10.1. The highest BCUT2D eigenvalue weighted by Crippen LogP contribution is 2.34. The van der Waals surface area contributed by atoms with Crippen molar-refractivity contribution in [1.29, 1.82) is 0 Å². The third-order valence-corrected chi connectivity index (χ3v) is 3.54. The Morgan fingerprint density at radius 3 is 2.67 bits per heavy atom. The first-order valence-electron chi connectivity index (χ1n) is 6.51. The zero-order valence-electron chi connectivity index (χ0n) is 10.8. The van der Waals surface area contributed by atoms with E-state index in [0.29, 0.717) is 13.2 Å². The van der Waals surface area contributed by atoms with E-state index in [1.165, 1.54) is 5.56 Å². The molecule has 0 unspecified atom stereocenters. The van der Waals surface area contributed by atoms with Crippen LogP contribution in [0.25, 0.3) is 0 Å². The van der Waals surface area contributed by atoms with Crippen molar-refractivity contribution in [2.75, 3.05) is 26.8 Å². The van der Waals surface area contributed by atoms with Gasteiger partial charge < -0.3 is 20.1 Å². The largest absolute Gasteiger partial charge is 0.486 e. The molecule has 4 heteroatoms. The second-order valence-electron chi connectivity index (χ2n) is 5.51. The average molecular weight is 248 g/mol. The van der Waals surface area contributed by atoms with Gasteiger partial charge in [-0.3, -0.25) is 0 Å². The smallest absolute Gasteiger partial charge is 0.161 e. The van der Waals surface area contributed by atoms with Gasteiger partial charge in [-0.05, 0) is 37.6 Å². The van der Waals surface area contributed by atoms with Gasteiger partial charge in [0.1, 0.15) is 13.2 Å². The Kier molecular flexibility index (Phi) is 2.92. The lowest BCUT2D eigenvalue weighted by molar-refractivity contribution is 0.171. The molecule has 0 radical (unpaired) electrons. The Hall–Kier alpha value is -1.26. The second kappa shape index (κ2) is 4.44. The number of ether oxygens (including phenoxy) is 2. The van der Waals surface area contributed by atoms with Gasteiger partial charge in [0.2, 0.25) is 0 Å². The Labute approximate surface area is 108 Å². The second-order valence-corrected chi connectivity index (χ2v) is 5.51. The molecule has 0 bridgehead atoms. The summed E-state index contributed by atoms with van der Waals surface area (Å²) >= 11 is 0. The van der Waals surface area contributed by atoms with Gasteiger partial charge in [0.15, 0.2) is 11.5 Å². The molecule has 1 fully saturated rings. The third kappa shape index (κ3) is 2.60. The summed E-state index contributed by atoms with van der Waals surface area (Å²) in [6.07, 6.45) is 2.30. The van der Waals surface area contributed by atoms with E-state index in [1.54, 1.807) is 0 Å². The first-order chi connectivity index (χ1) is 8.65. The molecule has 1 saturated carbocycles. The molecule has 1 aliphatic carbocycles.